The van der Waals surface area contributed by atoms with Crippen LogP contribution in [0.3, 0.4) is 0 Å². The number of hydrogen-bond acceptors (Lipinski definition) is 4. The van der Waals surface area contributed by atoms with Crippen LogP contribution in [0.4, 0.5) is 5.69 Å². The molecule has 1 aliphatic carbocycles. The van der Waals surface area contributed by atoms with Crippen molar-refractivity contribution in [2.75, 3.05) is 11.9 Å². The van der Waals surface area contributed by atoms with Crippen molar-refractivity contribution in [2.45, 2.75) is 57.8 Å². The third-order valence-corrected chi connectivity index (χ3v) is 4.80. The predicted octanol–water partition coefficient (Wildman–Crippen LogP) is 3.66. The van der Waals surface area contributed by atoms with Crippen molar-refractivity contribution in [2.24, 2.45) is 5.41 Å². The number of anilines is 1. The molecule has 0 aromatic heterocycles. The lowest BCUT2D eigenvalue weighted by Crippen LogP contribution is -2.53. The van der Waals surface area contributed by atoms with E-state index in [9.17, 15) is 4.79 Å². The van der Waals surface area contributed by atoms with E-state index in [4.69, 9.17) is 14.5 Å². The Hall–Kier alpha value is -1.43. The summed E-state index contributed by atoms with van der Waals surface area (Å²) in [6.07, 6.45) is 2.72. The smallest absolute Gasteiger partial charge is 0.230 e. The maximum absolute atomic E-state index is 12.6. The zero-order valence-corrected chi connectivity index (χ0v) is 14.1. The minimum Gasteiger partial charge on any atom is -0.344 e. The van der Waals surface area contributed by atoms with E-state index in [1.54, 1.807) is 0 Å². The molecule has 3 rings (SSSR count). The summed E-state index contributed by atoms with van der Waals surface area (Å²) in [5.41, 5.74) is -0.00783. The second-order valence-electron chi connectivity index (χ2n) is 7.51. The first-order chi connectivity index (χ1) is 10.8. The van der Waals surface area contributed by atoms with Crippen LogP contribution in [0.25, 0.3) is 0 Å². The zero-order chi connectivity index (χ0) is 16.6. The topological polar surface area (TPSA) is 56.8 Å². The number of hydrogen-bond donors (Lipinski definition) is 1. The Labute approximate surface area is 137 Å². The fourth-order valence-corrected chi connectivity index (χ4v) is 2.98. The van der Waals surface area contributed by atoms with E-state index in [1.165, 1.54) is 0 Å². The van der Waals surface area contributed by atoms with Gasteiger partial charge in [0.1, 0.15) is 5.60 Å². The Morgan fingerprint density at radius 3 is 2.22 bits per heavy atom. The highest BCUT2D eigenvalue weighted by molar-refractivity contribution is 5.95. The van der Waals surface area contributed by atoms with Gasteiger partial charge in [-0.05, 0) is 38.8 Å². The van der Waals surface area contributed by atoms with Crippen molar-refractivity contribution in [3.63, 3.8) is 0 Å². The number of nitrogens with one attached hydrogen (secondary N) is 1. The molecule has 126 valence electrons. The van der Waals surface area contributed by atoms with E-state index in [0.717, 1.165) is 5.69 Å². The molecule has 2 aliphatic rings. The quantitative estimate of drug-likeness (QED) is 0.845. The van der Waals surface area contributed by atoms with Crippen LogP contribution < -0.4 is 5.32 Å². The van der Waals surface area contributed by atoms with Gasteiger partial charge in [0.2, 0.25) is 11.7 Å². The fourth-order valence-electron chi connectivity index (χ4n) is 2.98. The first-order valence-corrected chi connectivity index (χ1v) is 8.20. The number of rotatable bonds is 2. The van der Waals surface area contributed by atoms with Gasteiger partial charge in [0, 0.05) is 23.9 Å². The van der Waals surface area contributed by atoms with E-state index in [1.807, 2.05) is 51.1 Å². The van der Waals surface area contributed by atoms with Crippen molar-refractivity contribution in [1.29, 1.82) is 0 Å². The van der Waals surface area contributed by atoms with Crippen molar-refractivity contribution in [1.82, 2.24) is 0 Å². The fraction of sp³-hybridized carbons (Fsp3) is 0.611. The zero-order valence-electron chi connectivity index (χ0n) is 14.1. The molecular formula is C18H25NO4. The maximum Gasteiger partial charge on any atom is 0.230 e. The van der Waals surface area contributed by atoms with Crippen molar-refractivity contribution >= 4 is 11.6 Å². The minimum atomic E-state index is -0.692. The monoisotopic (exact) mass is 319 g/mol. The second kappa shape index (κ2) is 5.89. The van der Waals surface area contributed by atoms with E-state index < -0.39 is 16.8 Å². The van der Waals surface area contributed by atoms with Crippen LogP contribution in [0.1, 0.15) is 46.5 Å². The van der Waals surface area contributed by atoms with Crippen molar-refractivity contribution in [3.8, 4) is 0 Å². The first-order valence-electron chi connectivity index (χ1n) is 8.20. The Morgan fingerprint density at radius 1 is 1.00 bits per heavy atom. The number of benzene rings is 1. The average molecular weight is 319 g/mol. The van der Waals surface area contributed by atoms with E-state index in [0.29, 0.717) is 32.3 Å². The molecule has 1 aromatic rings. The van der Waals surface area contributed by atoms with E-state index in [-0.39, 0.29) is 5.91 Å². The highest BCUT2D eigenvalue weighted by Gasteiger charge is 2.49. The molecule has 23 heavy (non-hydrogen) atoms. The van der Waals surface area contributed by atoms with Gasteiger partial charge in [-0.2, -0.15) is 0 Å². The molecule has 1 saturated heterocycles. The molecule has 1 spiro atoms. The highest BCUT2D eigenvalue weighted by atomic mass is 17.2. The minimum absolute atomic E-state index is 0.0515. The molecule has 2 fully saturated rings. The van der Waals surface area contributed by atoms with Gasteiger partial charge < -0.3 is 10.1 Å². The standard InChI is InChI=1S/C18H25NO4/c1-16(2)13-21-18(23-22-16)11-9-17(3,10-12-18)15(20)19-14-7-5-4-6-8-14/h4-8H,9-13H2,1-3H3,(H,19,20). The Kier molecular flexibility index (Phi) is 4.21. The molecular weight excluding hydrogens is 294 g/mol. The molecule has 1 aliphatic heterocycles. The van der Waals surface area contributed by atoms with Crippen LogP contribution in [0, 0.1) is 5.41 Å². The summed E-state index contributed by atoms with van der Waals surface area (Å²) in [6.45, 7) is 6.37. The normalized spacial score (nSPS) is 33.3. The average Bonchev–Trinajstić information content (AvgIpc) is 2.54. The highest BCUT2D eigenvalue weighted by Crippen LogP contribution is 2.46. The number of amides is 1. The molecule has 0 bridgehead atoms. The number of carbonyl (C=O) groups excluding carboxylic acids is 1. The summed E-state index contributed by atoms with van der Waals surface area (Å²) in [5, 5.41) is 3.00. The molecule has 1 saturated carbocycles. The number of carbonyl (C=O) groups is 1. The van der Waals surface area contributed by atoms with Gasteiger partial charge in [0.15, 0.2) is 0 Å². The van der Waals surface area contributed by atoms with Gasteiger partial charge in [-0.25, -0.2) is 9.78 Å². The Morgan fingerprint density at radius 2 is 1.65 bits per heavy atom. The van der Waals surface area contributed by atoms with Crippen LogP contribution in [-0.4, -0.2) is 23.9 Å². The van der Waals surface area contributed by atoms with Gasteiger partial charge in [0.05, 0.1) is 6.61 Å². The SMILES string of the molecule is CC1(C)COC2(CCC(C)(C(=O)Nc3ccccc3)CC2)OO1. The third-order valence-electron chi connectivity index (χ3n) is 4.80. The molecule has 0 unspecified atom stereocenters. The Balaban J connectivity index is 1.60. The lowest BCUT2D eigenvalue weighted by Gasteiger charge is -2.47. The van der Waals surface area contributed by atoms with Gasteiger partial charge >= 0.3 is 0 Å². The van der Waals surface area contributed by atoms with E-state index in [2.05, 4.69) is 5.32 Å². The predicted molar refractivity (Wildman–Crippen MR) is 86.6 cm³/mol. The molecule has 1 aromatic carbocycles. The lowest BCUT2D eigenvalue weighted by molar-refractivity contribution is -0.512. The second-order valence-corrected chi connectivity index (χ2v) is 7.51. The maximum atomic E-state index is 12.6. The Bertz CT molecular complexity index is 550. The molecule has 0 radical (unpaired) electrons. The van der Waals surface area contributed by atoms with E-state index >= 15 is 0 Å². The largest absolute Gasteiger partial charge is 0.344 e. The van der Waals surface area contributed by atoms with Crippen molar-refractivity contribution in [3.05, 3.63) is 30.3 Å². The molecule has 0 atom stereocenters. The molecule has 5 heteroatoms. The van der Waals surface area contributed by atoms with Gasteiger partial charge in [0.25, 0.3) is 0 Å². The van der Waals surface area contributed by atoms with Gasteiger partial charge in [-0.15, -0.1) is 0 Å². The first kappa shape index (κ1) is 16.4. The molecule has 1 heterocycles. The van der Waals surface area contributed by atoms with Crippen molar-refractivity contribution < 1.29 is 19.3 Å². The molecule has 5 nitrogen and oxygen atoms in total. The molecule has 1 N–H and O–H groups in total. The van der Waals surface area contributed by atoms with Crippen LogP contribution >= 0.6 is 0 Å². The van der Waals surface area contributed by atoms with Crippen LogP contribution in [0.15, 0.2) is 30.3 Å². The van der Waals surface area contributed by atoms with Gasteiger partial charge in [-0.3, -0.25) is 4.79 Å². The van der Waals surface area contributed by atoms with Crippen LogP contribution in [0.2, 0.25) is 0 Å². The van der Waals surface area contributed by atoms with Crippen LogP contribution in [0.5, 0.6) is 0 Å². The number of ether oxygens (including phenoxy) is 1. The number of para-hydroxylation sites is 1. The van der Waals surface area contributed by atoms with Crippen LogP contribution in [-0.2, 0) is 19.3 Å². The van der Waals surface area contributed by atoms with Gasteiger partial charge in [-0.1, -0.05) is 25.1 Å². The summed E-state index contributed by atoms with van der Waals surface area (Å²) in [4.78, 5) is 23.7. The third kappa shape index (κ3) is 3.57. The summed E-state index contributed by atoms with van der Waals surface area (Å²) in [7, 11) is 0. The summed E-state index contributed by atoms with van der Waals surface area (Å²) in [6, 6.07) is 9.55. The summed E-state index contributed by atoms with van der Waals surface area (Å²) < 4.78 is 5.93. The summed E-state index contributed by atoms with van der Waals surface area (Å²) in [5.74, 6) is -0.641. The summed E-state index contributed by atoms with van der Waals surface area (Å²) >= 11 is 0. The molecule has 1 amide bonds. The lowest BCUT2D eigenvalue weighted by atomic mass is 9.72.